The molecule has 0 radical (unpaired) electrons. The fourth-order valence-electron chi connectivity index (χ4n) is 2.86. The smallest absolute Gasteiger partial charge is 0.242 e. The van der Waals surface area contributed by atoms with Gasteiger partial charge in [-0.25, -0.2) is 0 Å². The molecule has 0 bridgehead atoms. The lowest BCUT2D eigenvalue weighted by atomic mass is 10.1. The second kappa shape index (κ2) is 10.3. The van der Waals surface area contributed by atoms with Gasteiger partial charge in [0.25, 0.3) is 0 Å². The van der Waals surface area contributed by atoms with Crippen molar-refractivity contribution in [2.24, 2.45) is 0 Å². The summed E-state index contributed by atoms with van der Waals surface area (Å²) in [5.41, 5.74) is 2.05. The summed E-state index contributed by atoms with van der Waals surface area (Å²) in [6.07, 6.45) is 0.709. The average molecular weight is 384 g/mol. The molecular weight excluding hydrogens is 356 g/mol. The molecule has 0 spiro atoms. The number of hydrogen-bond acceptors (Lipinski definition) is 4. The molecule has 1 N–H and O–H groups in total. The van der Waals surface area contributed by atoms with Crippen molar-refractivity contribution in [2.45, 2.75) is 32.9 Å². The lowest BCUT2D eigenvalue weighted by molar-refractivity contribution is -0.138. The molecule has 0 heterocycles. The van der Waals surface area contributed by atoms with E-state index >= 15 is 0 Å². The third kappa shape index (κ3) is 6.01. The first-order chi connectivity index (χ1) is 13.4. The predicted molar refractivity (Wildman–Crippen MR) is 108 cm³/mol. The summed E-state index contributed by atoms with van der Waals surface area (Å²) in [5.74, 6) is 1.24. The molecule has 0 aromatic heterocycles. The van der Waals surface area contributed by atoms with Gasteiger partial charge >= 0.3 is 0 Å². The molecule has 6 heteroatoms. The lowest BCUT2D eigenvalue weighted by Crippen LogP contribution is -2.47. The maximum absolute atomic E-state index is 12.5. The van der Waals surface area contributed by atoms with Crippen LogP contribution in [0.15, 0.2) is 48.5 Å². The molecule has 6 nitrogen and oxygen atoms in total. The molecule has 150 valence electrons. The van der Waals surface area contributed by atoms with E-state index in [9.17, 15) is 9.59 Å². The summed E-state index contributed by atoms with van der Waals surface area (Å²) in [7, 11) is 3.23. The van der Waals surface area contributed by atoms with E-state index < -0.39 is 6.04 Å². The molecule has 0 unspecified atom stereocenters. The lowest BCUT2D eigenvalue weighted by Gasteiger charge is -2.27. The van der Waals surface area contributed by atoms with Gasteiger partial charge in [-0.05, 0) is 48.7 Å². The Labute approximate surface area is 166 Å². The van der Waals surface area contributed by atoms with Crippen LogP contribution in [0.1, 0.15) is 25.0 Å². The van der Waals surface area contributed by atoms with E-state index in [-0.39, 0.29) is 11.8 Å². The van der Waals surface area contributed by atoms with Crippen LogP contribution in [0.3, 0.4) is 0 Å². The van der Waals surface area contributed by atoms with Crippen molar-refractivity contribution in [3.8, 4) is 11.5 Å². The summed E-state index contributed by atoms with van der Waals surface area (Å²) in [5, 5.41) is 2.91. The Morgan fingerprint density at radius 2 is 1.43 bits per heavy atom. The molecule has 28 heavy (non-hydrogen) atoms. The zero-order valence-corrected chi connectivity index (χ0v) is 16.9. The van der Waals surface area contributed by atoms with Gasteiger partial charge in [-0.1, -0.05) is 24.3 Å². The molecule has 2 aromatic carbocycles. The molecule has 0 aliphatic carbocycles. The molecule has 2 aromatic rings. The Morgan fingerprint density at radius 3 is 1.89 bits per heavy atom. The second-order valence-corrected chi connectivity index (χ2v) is 6.56. The Bertz CT molecular complexity index is 772. The number of ether oxygens (including phenoxy) is 2. The van der Waals surface area contributed by atoms with E-state index in [1.54, 1.807) is 26.0 Å². The molecule has 1 atom stereocenters. The number of amides is 2. The third-order valence-corrected chi connectivity index (χ3v) is 4.64. The number of carbonyl (C=O) groups is 2. The van der Waals surface area contributed by atoms with Crippen LogP contribution in [0.4, 0.5) is 0 Å². The van der Waals surface area contributed by atoms with Crippen molar-refractivity contribution in [1.82, 2.24) is 10.2 Å². The predicted octanol–water partition coefficient (Wildman–Crippen LogP) is 2.80. The largest absolute Gasteiger partial charge is 0.497 e. The van der Waals surface area contributed by atoms with E-state index in [0.717, 1.165) is 22.6 Å². The normalized spacial score (nSPS) is 11.4. The van der Waals surface area contributed by atoms with Crippen LogP contribution in [0, 0.1) is 0 Å². The fraction of sp³-hybridized carbons (Fsp3) is 0.364. The molecule has 0 saturated heterocycles. The zero-order chi connectivity index (χ0) is 20.5. The maximum atomic E-state index is 12.5. The van der Waals surface area contributed by atoms with Crippen LogP contribution in [-0.2, 0) is 22.6 Å². The van der Waals surface area contributed by atoms with Gasteiger partial charge in [0.2, 0.25) is 11.8 Å². The summed E-state index contributed by atoms with van der Waals surface area (Å²) in [4.78, 5) is 26.2. The molecular formula is C22H28N2O4. The molecule has 2 rings (SSSR count). The second-order valence-electron chi connectivity index (χ2n) is 6.56. The van der Waals surface area contributed by atoms with Crippen LogP contribution < -0.4 is 14.8 Å². The number of hydrogen-bond donors (Lipinski definition) is 1. The monoisotopic (exact) mass is 384 g/mol. The fourth-order valence-corrected chi connectivity index (χ4v) is 2.86. The van der Waals surface area contributed by atoms with Crippen molar-refractivity contribution in [1.29, 1.82) is 0 Å². The Morgan fingerprint density at radius 1 is 0.929 bits per heavy atom. The van der Waals surface area contributed by atoms with E-state index in [1.807, 2.05) is 48.5 Å². The Balaban J connectivity index is 1.90. The van der Waals surface area contributed by atoms with E-state index in [4.69, 9.17) is 9.47 Å². The zero-order valence-electron chi connectivity index (χ0n) is 16.9. The van der Waals surface area contributed by atoms with Crippen molar-refractivity contribution in [2.75, 3.05) is 20.8 Å². The molecule has 0 aliphatic heterocycles. The van der Waals surface area contributed by atoms with E-state index in [2.05, 4.69) is 5.32 Å². The van der Waals surface area contributed by atoms with Crippen LogP contribution in [0.5, 0.6) is 11.5 Å². The van der Waals surface area contributed by atoms with Gasteiger partial charge in [-0.2, -0.15) is 0 Å². The first-order valence-electron chi connectivity index (χ1n) is 9.25. The maximum Gasteiger partial charge on any atom is 0.242 e. The van der Waals surface area contributed by atoms with Crippen molar-refractivity contribution in [3.63, 3.8) is 0 Å². The minimum Gasteiger partial charge on any atom is -0.497 e. The van der Waals surface area contributed by atoms with Crippen molar-refractivity contribution < 1.29 is 19.1 Å². The summed E-state index contributed by atoms with van der Waals surface area (Å²) < 4.78 is 10.3. The number of methoxy groups -OCH3 is 2. The standard InChI is InChI=1S/C22H28N2O4/c1-16(22(26)23-14-13-18-5-9-20(27-3)10-6-18)24(17(2)25)15-19-7-11-21(28-4)12-8-19/h5-12,16H,13-15H2,1-4H3,(H,23,26)/t16-/m0/s1. The van der Waals surface area contributed by atoms with Gasteiger partial charge in [-0.15, -0.1) is 0 Å². The van der Waals surface area contributed by atoms with Crippen LogP contribution in [0.2, 0.25) is 0 Å². The number of benzene rings is 2. The van der Waals surface area contributed by atoms with Crippen LogP contribution in [0.25, 0.3) is 0 Å². The van der Waals surface area contributed by atoms with E-state index in [1.165, 1.54) is 6.92 Å². The first kappa shape index (κ1) is 21.3. The van der Waals surface area contributed by atoms with Crippen molar-refractivity contribution in [3.05, 3.63) is 59.7 Å². The number of nitrogens with one attached hydrogen (secondary N) is 1. The van der Waals surface area contributed by atoms with Gasteiger partial charge in [0.1, 0.15) is 17.5 Å². The highest BCUT2D eigenvalue weighted by Gasteiger charge is 2.23. The highest BCUT2D eigenvalue weighted by Crippen LogP contribution is 2.15. The van der Waals surface area contributed by atoms with Gasteiger partial charge in [0.15, 0.2) is 0 Å². The quantitative estimate of drug-likeness (QED) is 0.722. The minimum absolute atomic E-state index is 0.145. The summed E-state index contributed by atoms with van der Waals surface area (Å²) in [6, 6.07) is 14.6. The molecule has 0 aliphatic rings. The van der Waals surface area contributed by atoms with Gasteiger partial charge in [0, 0.05) is 20.0 Å². The Hall–Kier alpha value is -3.02. The van der Waals surface area contributed by atoms with Gasteiger partial charge in [0.05, 0.1) is 14.2 Å². The van der Waals surface area contributed by atoms with Gasteiger partial charge < -0.3 is 19.7 Å². The molecule has 0 fully saturated rings. The van der Waals surface area contributed by atoms with Crippen molar-refractivity contribution >= 4 is 11.8 Å². The number of nitrogens with zero attached hydrogens (tertiary/aromatic N) is 1. The first-order valence-corrected chi connectivity index (χ1v) is 9.25. The van der Waals surface area contributed by atoms with E-state index in [0.29, 0.717) is 19.5 Å². The van der Waals surface area contributed by atoms with Gasteiger partial charge in [-0.3, -0.25) is 9.59 Å². The van der Waals surface area contributed by atoms with Crippen LogP contribution >= 0.6 is 0 Å². The summed E-state index contributed by atoms with van der Waals surface area (Å²) >= 11 is 0. The number of rotatable bonds is 9. The molecule has 2 amide bonds. The average Bonchev–Trinajstić information content (AvgIpc) is 2.72. The highest BCUT2D eigenvalue weighted by atomic mass is 16.5. The SMILES string of the molecule is COc1ccc(CCNC(=O)[C@H](C)N(Cc2ccc(OC)cc2)C(C)=O)cc1. The summed E-state index contributed by atoms with van der Waals surface area (Å²) in [6.45, 7) is 4.09. The molecule has 0 saturated carbocycles. The highest BCUT2D eigenvalue weighted by molar-refractivity contribution is 5.86. The minimum atomic E-state index is -0.560. The topological polar surface area (TPSA) is 67.9 Å². The number of carbonyl (C=O) groups excluding carboxylic acids is 2. The Kier molecular flexibility index (Phi) is 7.87. The third-order valence-electron chi connectivity index (χ3n) is 4.64. The van der Waals surface area contributed by atoms with Crippen LogP contribution in [-0.4, -0.2) is 43.5 Å².